The van der Waals surface area contributed by atoms with E-state index in [0.717, 1.165) is 0 Å². The van der Waals surface area contributed by atoms with Crippen molar-refractivity contribution >= 4 is 21.6 Å². The molecule has 0 saturated carbocycles. The van der Waals surface area contributed by atoms with Crippen LogP contribution in [0.1, 0.15) is 6.92 Å². The minimum atomic E-state index is -3.33. The van der Waals surface area contributed by atoms with Crippen molar-refractivity contribution in [3.05, 3.63) is 29.3 Å². The van der Waals surface area contributed by atoms with Crippen LogP contribution < -0.4 is 0 Å². The molecule has 0 N–H and O–H groups in total. The Morgan fingerprint density at radius 1 is 1.29 bits per heavy atom. The molecule has 3 nitrogen and oxygen atoms in total. The fourth-order valence-corrected chi connectivity index (χ4v) is 2.26. The van der Waals surface area contributed by atoms with E-state index in [9.17, 15) is 8.42 Å². The van der Waals surface area contributed by atoms with Gasteiger partial charge in [-0.3, -0.25) is 0 Å². The van der Waals surface area contributed by atoms with Gasteiger partial charge in [-0.15, -0.1) is 0 Å². The highest BCUT2D eigenvalue weighted by Crippen LogP contribution is 2.16. The molecule has 0 amide bonds. The van der Waals surface area contributed by atoms with Gasteiger partial charge in [0.15, 0.2) is 0 Å². The third kappa shape index (κ3) is 2.26. The van der Waals surface area contributed by atoms with Gasteiger partial charge in [0.2, 0.25) is 10.0 Å². The largest absolute Gasteiger partial charge is 0.242 e. The molecule has 0 aliphatic carbocycles. The minimum absolute atomic E-state index is 0.270. The van der Waals surface area contributed by atoms with Crippen LogP contribution in [-0.2, 0) is 10.0 Å². The average molecular weight is 234 g/mol. The van der Waals surface area contributed by atoms with E-state index in [1.54, 1.807) is 26.1 Å². The Labute approximate surface area is 89.4 Å². The summed E-state index contributed by atoms with van der Waals surface area (Å²) in [5, 5.41) is 0.531. The predicted molar refractivity (Wildman–Crippen MR) is 56.9 cm³/mol. The zero-order valence-corrected chi connectivity index (χ0v) is 9.64. The maximum atomic E-state index is 11.8. The zero-order valence-electron chi connectivity index (χ0n) is 8.07. The molecule has 78 valence electrons. The van der Waals surface area contributed by atoms with Crippen LogP contribution in [0, 0.1) is 0 Å². The molecule has 0 aliphatic rings. The van der Waals surface area contributed by atoms with Gasteiger partial charge in [-0.25, -0.2) is 12.7 Å². The first kappa shape index (κ1) is 11.5. The lowest BCUT2D eigenvalue weighted by atomic mass is 10.4. The highest BCUT2D eigenvalue weighted by Gasteiger charge is 2.18. The van der Waals surface area contributed by atoms with Crippen LogP contribution >= 0.6 is 11.6 Å². The van der Waals surface area contributed by atoms with E-state index in [4.69, 9.17) is 11.6 Å². The van der Waals surface area contributed by atoms with E-state index in [-0.39, 0.29) is 4.90 Å². The lowest BCUT2D eigenvalue weighted by molar-refractivity contribution is 0.486. The number of rotatable bonds is 3. The van der Waals surface area contributed by atoms with E-state index in [1.165, 1.54) is 16.4 Å². The molecule has 0 fully saturated rings. The maximum Gasteiger partial charge on any atom is 0.242 e. The molecule has 0 bridgehead atoms. The highest BCUT2D eigenvalue weighted by molar-refractivity contribution is 7.89. The quantitative estimate of drug-likeness (QED) is 0.801. The average Bonchev–Trinajstić information content (AvgIpc) is 2.17. The van der Waals surface area contributed by atoms with Gasteiger partial charge in [0, 0.05) is 18.6 Å². The van der Waals surface area contributed by atoms with Crippen molar-refractivity contribution in [3.63, 3.8) is 0 Å². The van der Waals surface area contributed by atoms with Gasteiger partial charge >= 0.3 is 0 Å². The Hall–Kier alpha value is -0.580. The number of nitrogens with zero attached hydrogens (tertiary/aromatic N) is 1. The Kier molecular flexibility index (Phi) is 3.53. The van der Waals surface area contributed by atoms with E-state index in [0.29, 0.717) is 11.6 Å². The van der Waals surface area contributed by atoms with Crippen LogP contribution in [0.4, 0.5) is 0 Å². The molecule has 0 saturated heterocycles. The summed E-state index contributed by atoms with van der Waals surface area (Å²) in [6.45, 7) is 2.23. The normalized spacial score (nSPS) is 12.0. The second-order valence-corrected chi connectivity index (χ2v) is 5.35. The Morgan fingerprint density at radius 2 is 1.79 bits per heavy atom. The van der Waals surface area contributed by atoms with Crippen molar-refractivity contribution < 1.29 is 8.42 Å². The number of benzene rings is 1. The summed E-state index contributed by atoms with van der Waals surface area (Å²) in [5.41, 5.74) is 0. The van der Waals surface area contributed by atoms with Crippen molar-refractivity contribution in [2.24, 2.45) is 0 Å². The van der Waals surface area contributed by atoms with Crippen molar-refractivity contribution in [1.29, 1.82) is 0 Å². The fraction of sp³-hybridized carbons (Fsp3) is 0.333. The number of sulfonamides is 1. The van der Waals surface area contributed by atoms with Gasteiger partial charge in [-0.1, -0.05) is 18.5 Å². The standard InChI is InChI=1S/C9H12ClNO2S/c1-3-11(2)14(12,13)9-6-4-8(10)5-7-9/h4-7H,3H2,1-2H3. The van der Waals surface area contributed by atoms with Crippen LogP contribution in [0.3, 0.4) is 0 Å². The number of hydrogen-bond acceptors (Lipinski definition) is 2. The molecule has 1 aromatic rings. The molecule has 0 heterocycles. The zero-order chi connectivity index (χ0) is 10.8. The fourth-order valence-electron chi connectivity index (χ4n) is 0.956. The number of halogens is 1. The van der Waals surface area contributed by atoms with Crippen LogP contribution in [0.5, 0.6) is 0 Å². The Balaban J connectivity index is 3.11. The molecular formula is C9H12ClNO2S. The van der Waals surface area contributed by atoms with Crippen molar-refractivity contribution in [2.75, 3.05) is 13.6 Å². The molecule has 0 radical (unpaired) electrons. The van der Waals surface area contributed by atoms with Gasteiger partial charge in [0.05, 0.1) is 4.90 Å². The molecule has 1 rings (SSSR count). The van der Waals surface area contributed by atoms with E-state index < -0.39 is 10.0 Å². The molecular weight excluding hydrogens is 222 g/mol. The smallest absolute Gasteiger partial charge is 0.207 e. The monoisotopic (exact) mass is 233 g/mol. The third-order valence-electron chi connectivity index (χ3n) is 1.97. The van der Waals surface area contributed by atoms with Gasteiger partial charge < -0.3 is 0 Å². The van der Waals surface area contributed by atoms with Gasteiger partial charge in [0.25, 0.3) is 0 Å². The van der Waals surface area contributed by atoms with Crippen molar-refractivity contribution in [1.82, 2.24) is 4.31 Å². The molecule has 0 unspecified atom stereocenters. The van der Waals surface area contributed by atoms with E-state index in [1.807, 2.05) is 0 Å². The minimum Gasteiger partial charge on any atom is -0.207 e. The van der Waals surface area contributed by atoms with Gasteiger partial charge in [0.1, 0.15) is 0 Å². The molecule has 1 aromatic carbocycles. The summed E-state index contributed by atoms with van der Waals surface area (Å²) >= 11 is 5.67. The van der Waals surface area contributed by atoms with E-state index in [2.05, 4.69) is 0 Å². The highest BCUT2D eigenvalue weighted by atomic mass is 35.5. The molecule has 5 heteroatoms. The summed E-state index contributed by atoms with van der Waals surface area (Å²) < 4.78 is 24.8. The van der Waals surface area contributed by atoms with Crippen LogP contribution in [0.15, 0.2) is 29.2 Å². The van der Waals surface area contributed by atoms with Crippen molar-refractivity contribution in [3.8, 4) is 0 Å². The summed E-state index contributed by atoms with van der Waals surface area (Å²) in [7, 11) is -1.79. The van der Waals surface area contributed by atoms with Crippen LogP contribution in [0.2, 0.25) is 5.02 Å². The lowest BCUT2D eigenvalue weighted by Gasteiger charge is -2.14. The molecule has 0 spiro atoms. The molecule has 0 aliphatic heterocycles. The predicted octanol–water partition coefficient (Wildman–Crippen LogP) is 1.98. The molecule has 0 atom stereocenters. The molecule has 14 heavy (non-hydrogen) atoms. The first-order chi connectivity index (χ1) is 6.48. The van der Waals surface area contributed by atoms with E-state index >= 15 is 0 Å². The first-order valence-electron chi connectivity index (χ1n) is 4.20. The first-order valence-corrected chi connectivity index (χ1v) is 6.02. The number of hydrogen-bond donors (Lipinski definition) is 0. The van der Waals surface area contributed by atoms with Gasteiger partial charge in [-0.05, 0) is 24.3 Å². The second-order valence-electron chi connectivity index (χ2n) is 2.87. The van der Waals surface area contributed by atoms with Gasteiger partial charge in [-0.2, -0.15) is 0 Å². The van der Waals surface area contributed by atoms with Crippen LogP contribution in [0.25, 0.3) is 0 Å². The summed E-state index contributed by atoms with van der Waals surface area (Å²) in [6, 6.07) is 6.14. The topological polar surface area (TPSA) is 37.4 Å². The third-order valence-corrected chi connectivity index (χ3v) is 4.17. The lowest BCUT2D eigenvalue weighted by Crippen LogP contribution is -2.26. The summed E-state index contributed by atoms with van der Waals surface area (Å²) in [5.74, 6) is 0. The summed E-state index contributed by atoms with van der Waals surface area (Å²) in [4.78, 5) is 0.270. The maximum absolute atomic E-state index is 11.8. The SMILES string of the molecule is CCN(C)S(=O)(=O)c1ccc(Cl)cc1. The van der Waals surface area contributed by atoms with Crippen molar-refractivity contribution in [2.45, 2.75) is 11.8 Å². The Bertz CT molecular complexity index is 399. The van der Waals surface area contributed by atoms with Crippen LogP contribution in [-0.4, -0.2) is 26.3 Å². The second kappa shape index (κ2) is 4.29. The Morgan fingerprint density at radius 3 is 2.21 bits per heavy atom. The summed E-state index contributed by atoms with van der Waals surface area (Å²) in [6.07, 6.45) is 0. The molecule has 0 aromatic heterocycles.